The maximum absolute atomic E-state index is 11.4. The molecule has 2 aromatic rings. The van der Waals surface area contributed by atoms with Gasteiger partial charge in [-0.15, -0.1) is 0 Å². The summed E-state index contributed by atoms with van der Waals surface area (Å²) < 4.78 is 0. The van der Waals surface area contributed by atoms with Crippen LogP contribution in [-0.2, 0) is 6.54 Å². The summed E-state index contributed by atoms with van der Waals surface area (Å²) in [6.07, 6.45) is 3.00. The zero-order valence-corrected chi connectivity index (χ0v) is 11.3. The highest BCUT2D eigenvalue weighted by atomic mass is 16.1. The van der Waals surface area contributed by atoms with Gasteiger partial charge >= 0.3 is 0 Å². The van der Waals surface area contributed by atoms with E-state index in [9.17, 15) is 4.79 Å². The van der Waals surface area contributed by atoms with Crippen molar-refractivity contribution < 1.29 is 4.79 Å². The van der Waals surface area contributed by atoms with E-state index in [4.69, 9.17) is 11.5 Å². The third kappa shape index (κ3) is 3.03. The summed E-state index contributed by atoms with van der Waals surface area (Å²) >= 11 is 0. The van der Waals surface area contributed by atoms with Gasteiger partial charge in [0.2, 0.25) is 0 Å². The molecule has 0 saturated heterocycles. The molecule has 1 amide bonds. The molecule has 0 unspecified atom stereocenters. The molecule has 0 radical (unpaired) electrons. The quantitative estimate of drug-likeness (QED) is 0.796. The number of carbonyl (C=O) groups is 1. The van der Waals surface area contributed by atoms with E-state index in [-0.39, 0.29) is 5.69 Å². The van der Waals surface area contributed by atoms with Crippen LogP contribution in [-0.4, -0.2) is 22.4 Å². The number of benzene rings is 1. The van der Waals surface area contributed by atoms with E-state index in [0.29, 0.717) is 24.6 Å². The first-order valence-electron chi connectivity index (χ1n) is 6.32. The van der Waals surface area contributed by atoms with Gasteiger partial charge in [-0.3, -0.25) is 4.79 Å². The topological polar surface area (TPSA) is 98.1 Å². The monoisotopic (exact) mass is 271 g/mol. The molecule has 1 aromatic carbocycles. The number of nitrogen functional groups attached to an aromatic ring is 1. The van der Waals surface area contributed by atoms with Gasteiger partial charge in [-0.05, 0) is 24.6 Å². The van der Waals surface area contributed by atoms with E-state index in [2.05, 4.69) is 9.97 Å². The first-order valence-corrected chi connectivity index (χ1v) is 6.32. The first-order chi connectivity index (χ1) is 9.61. The van der Waals surface area contributed by atoms with Crippen molar-refractivity contribution in [3.63, 3.8) is 0 Å². The molecule has 0 spiro atoms. The smallest absolute Gasteiger partial charge is 0.271 e. The minimum atomic E-state index is -0.584. The Morgan fingerprint density at radius 3 is 2.70 bits per heavy atom. The number of carbonyl (C=O) groups excluding carboxylic acids is 1. The molecule has 1 heterocycles. The van der Waals surface area contributed by atoms with Gasteiger partial charge in [0.15, 0.2) is 11.5 Å². The number of amides is 1. The second-order valence-electron chi connectivity index (χ2n) is 4.35. The molecule has 2 rings (SSSR count). The summed E-state index contributed by atoms with van der Waals surface area (Å²) in [4.78, 5) is 21.6. The maximum Gasteiger partial charge on any atom is 0.271 e. The predicted molar refractivity (Wildman–Crippen MR) is 78.1 cm³/mol. The molecular formula is C14H17N5O. The summed E-state index contributed by atoms with van der Waals surface area (Å²) in [5.74, 6) is -0.0935. The highest BCUT2D eigenvalue weighted by Crippen LogP contribution is 2.18. The summed E-state index contributed by atoms with van der Waals surface area (Å²) in [6, 6.07) is 7.59. The molecule has 6 heteroatoms. The van der Waals surface area contributed by atoms with E-state index < -0.39 is 5.91 Å². The average molecular weight is 271 g/mol. The Morgan fingerprint density at radius 1 is 1.30 bits per heavy atom. The fourth-order valence-corrected chi connectivity index (χ4v) is 1.98. The molecule has 4 N–H and O–H groups in total. The fourth-order valence-electron chi connectivity index (χ4n) is 1.98. The molecule has 104 valence electrons. The highest BCUT2D eigenvalue weighted by Gasteiger charge is 2.16. The van der Waals surface area contributed by atoms with Crippen molar-refractivity contribution in [3.05, 3.63) is 47.9 Å². The molecule has 0 bridgehead atoms. The van der Waals surface area contributed by atoms with Gasteiger partial charge in [0.25, 0.3) is 5.91 Å². The van der Waals surface area contributed by atoms with Crippen molar-refractivity contribution in [2.45, 2.75) is 13.5 Å². The number of hydrogen-bond acceptors (Lipinski definition) is 5. The number of hydrogen-bond donors (Lipinski definition) is 2. The van der Waals surface area contributed by atoms with E-state index in [0.717, 1.165) is 5.56 Å². The summed E-state index contributed by atoms with van der Waals surface area (Å²) in [5, 5.41) is 0. The Morgan fingerprint density at radius 2 is 2.05 bits per heavy atom. The largest absolute Gasteiger partial charge is 0.399 e. The number of rotatable bonds is 5. The van der Waals surface area contributed by atoms with Crippen LogP contribution >= 0.6 is 0 Å². The lowest BCUT2D eigenvalue weighted by Crippen LogP contribution is -2.27. The van der Waals surface area contributed by atoms with E-state index in [1.54, 1.807) is 6.20 Å². The van der Waals surface area contributed by atoms with Gasteiger partial charge in [-0.1, -0.05) is 12.1 Å². The van der Waals surface area contributed by atoms with Crippen molar-refractivity contribution >= 4 is 17.4 Å². The fraction of sp³-hybridized carbons (Fsp3) is 0.214. The van der Waals surface area contributed by atoms with Crippen molar-refractivity contribution in [1.29, 1.82) is 0 Å². The van der Waals surface area contributed by atoms with Gasteiger partial charge in [-0.25, -0.2) is 9.97 Å². The van der Waals surface area contributed by atoms with E-state index in [1.165, 1.54) is 6.20 Å². The Labute approximate surface area is 117 Å². The number of nitrogens with zero attached hydrogens (tertiary/aromatic N) is 3. The normalized spacial score (nSPS) is 10.2. The standard InChI is InChI=1S/C14H17N5O/c1-2-19(9-10-4-3-5-11(15)8-10)14-12(13(16)20)17-6-7-18-14/h3-8H,2,9,15H2,1H3,(H2,16,20). The zero-order chi connectivity index (χ0) is 14.5. The molecule has 0 aliphatic heterocycles. The Bertz CT molecular complexity index is 614. The average Bonchev–Trinajstić information content (AvgIpc) is 2.45. The molecule has 0 aliphatic carbocycles. The van der Waals surface area contributed by atoms with Crippen molar-refractivity contribution in [1.82, 2.24) is 9.97 Å². The number of primary amides is 1. The second kappa shape index (κ2) is 6.01. The van der Waals surface area contributed by atoms with Crippen LogP contribution < -0.4 is 16.4 Å². The molecule has 0 atom stereocenters. The van der Waals surface area contributed by atoms with Crippen molar-refractivity contribution in [3.8, 4) is 0 Å². The van der Waals surface area contributed by atoms with Gasteiger partial charge in [-0.2, -0.15) is 0 Å². The lowest BCUT2D eigenvalue weighted by molar-refractivity contribution is 0.0995. The molecule has 0 aliphatic rings. The molecule has 20 heavy (non-hydrogen) atoms. The van der Waals surface area contributed by atoms with Crippen LogP contribution in [0.3, 0.4) is 0 Å². The summed E-state index contributed by atoms with van der Waals surface area (Å²) in [7, 11) is 0. The molecule has 1 aromatic heterocycles. The maximum atomic E-state index is 11.4. The Kier molecular flexibility index (Phi) is 4.14. The van der Waals surface area contributed by atoms with Crippen LogP contribution in [0.15, 0.2) is 36.7 Å². The third-order valence-electron chi connectivity index (χ3n) is 2.92. The molecule has 0 fully saturated rings. The van der Waals surface area contributed by atoms with E-state index >= 15 is 0 Å². The summed E-state index contributed by atoms with van der Waals surface area (Å²) in [6.45, 7) is 3.24. The van der Waals surface area contributed by atoms with Crippen LogP contribution in [0.2, 0.25) is 0 Å². The van der Waals surface area contributed by atoms with Crippen LogP contribution in [0.1, 0.15) is 23.0 Å². The zero-order valence-electron chi connectivity index (χ0n) is 11.3. The first kappa shape index (κ1) is 13.8. The van der Waals surface area contributed by atoms with Crippen molar-refractivity contribution in [2.75, 3.05) is 17.2 Å². The Balaban J connectivity index is 2.31. The van der Waals surface area contributed by atoms with E-state index in [1.807, 2.05) is 36.1 Å². The number of aromatic nitrogens is 2. The predicted octanol–water partition coefficient (Wildman–Crippen LogP) is 1.18. The van der Waals surface area contributed by atoms with Crippen molar-refractivity contribution in [2.24, 2.45) is 5.73 Å². The van der Waals surface area contributed by atoms with Gasteiger partial charge < -0.3 is 16.4 Å². The van der Waals surface area contributed by atoms with Crippen LogP contribution in [0, 0.1) is 0 Å². The third-order valence-corrected chi connectivity index (χ3v) is 2.92. The SMILES string of the molecule is CCN(Cc1cccc(N)c1)c1nccnc1C(N)=O. The minimum Gasteiger partial charge on any atom is -0.399 e. The molecular weight excluding hydrogens is 254 g/mol. The number of anilines is 2. The van der Waals surface area contributed by atoms with Gasteiger partial charge in [0.1, 0.15) is 0 Å². The Hall–Kier alpha value is -2.63. The molecule has 6 nitrogen and oxygen atoms in total. The van der Waals surface area contributed by atoms with Gasteiger partial charge in [0.05, 0.1) is 0 Å². The minimum absolute atomic E-state index is 0.179. The summed E-state index contributed by atoms with van der Waals surface area (Å²) in [5.41, 5.74) is 13.0. The van der Waals surface area contributed by atoms with Crippen LogP contribution in [0.4, 0.5) is 11.5 Å². The second-order valence-corrected chi connectivity index (χ2v) is 4.35. The molecule has 0 saturated carbocycles. The highest BCUT2D eigenvalue weighted by molar-refractivity contribution is 5.95. The van der Waals surface area contributed by atoms with Gasteiger partial charge in [0, 0.05) is 31.2 Å². The van der Waals surface area contributed by atoms with Crippen LogP contribution in [0.25, 0.3) is 0 Å². The lowest BCUT2D eigenvalue weighted by Gasteiger charge is -2.23. The van der Waals surface area contributed by atoms with Crippen LogP contribution in [0.5, 0.6) is 0 Å². The number of nitrogens with two attached hydrogens (primary N) is 2. The lowest BCUT2D eigenvalue weighted by atomic mass is 10.2.